The van der Waals surface area contributed by atoms with Crippen LogP contribution in [0.4, 0.5) is 0 Å². The maximum atomic E-state index is 5.75. The van der Waals surface area contributed by atoms with Crippen LogP contribution < -0.4 is 14.8 Å². The lowest BCUT2D eigenvalue weighted by Gasteiger charge is -2.39. The Labute approximate surface area is 96.8 Å². The standard InChI is InChI=1S/C13H19NO2/c1-13(9-14-10-13)7-8-16-12-6-4-3-5-11(12)15-2/h3-6,14H,7-10H2,1-2H3. The van der Waals surface area contributed by atoms with E-state index in [0.29, 0.717) is 5.41 Å². The van der Waals surface area contributed by atoms with Gasteiger partial charge in [0.15, 0.2) is 11.5 Å². The highest BCUT2D eigenvalue weighted by molar-refractivity contribution is 5.39. The molecule has 0 atom stereocenters. The summed E-state index contributed by atoms with van der Waals surface area (Å²) < 4.78 is 11.0. The van der Waals surface area contributed by atoms with E-state index in [1.807, 2.05) is 24.3 Å². The summed E-state index contributed by atoms with van der Waals surface area (Å²) >= 11 is 0. The van der Waals surface area contributed by atoms with Crippen molar-refractivity contribution >= 4 is 0 Å². The molecule has 2 rings (SSSR count). The molecular weight excluding hydrogens is 202 g/mol. The van der Waals surface area contributed by atoms with Gasteiger partial charge in [0.2, 0.25) is 0 Å². The molecule has 3 nitrogen and oxygen atoms in total. The summed E-state index contributed by atoms with van der Waals surface area (Å²) in [5.74, 6) is 1.64. The predicted octanol–water partition coefficient (Wildman–Crippen LogP) is 2.07. The Kier molecular flexibility index (Phi) is 3.34. The van der Waals surface area contributed by atoms with E-state index in [4.69, 9.17) is 9.47 Å². The molecule has 1 N–H and O–H groups in total. The first-order valence-corrected chi connectivity index (χ1v) is 5.70. The average molecular weight is 221 g/mol. The van der Waals surface area contributed by atoms with E-state index in [0.717, 1.165) is 37.6 Å². The molecule has 1 aromatic rings. The molecule has 0 bridgehead atoms. The van der Waals surface area contributed by atoms with Gasteiger partial charge in [0, 0.05) is 13.1 Å². The largest absolute Gasteiger partial charge is 0.493 e. The van der Waals surface area contributed by atoms with Gasteiger partial charge in [0.1, 0.15) is 0 Å². The third-order valence-corrected chi connectivity index (χ3v) is 3.14. The number of para-hydroxylation sites is 2. The SMILES string of the molecule is COc1ccccc1OCCC1(C)CNC1. The highest BCUT2D eigenvalue weighted by Crippen LogP contribution is 2.29. The second-order valence-electron chi connectivity index (χ2n) is 4.66. The van der Waals surface area contributed by atoms with E-state index in [2.05, 4.69) is 12.2 Å². The van der Waals surface area contributed by atoms with Crippen molar-refractivity contribution in [3.8, 4) is 11.5 Å². The number of methoxy groups -OCH3 is 1. The van der Waals surface area contributed by atoms with Gasteiger partial charge in [-0.2, -0.15) is 0 Å². The molecule has 0 amide bonds. The van der Waals surface area contributed by atoms with Gasteiger partial charge >= 0.3 is 0 Å². The Bertz CT molecular complexity index is 348. The Morgan fingerprint density at radius 1 is 1.25 bits per heavy atom. The normalized spacial score (nSPS) is 17.6. The van der Waals surface area contributed by atoms with Crippen LogP contribution in [-0.4, -0.2) is 26.8 Å². The second-order valence-corrected chi connectivity index (χ2v) is 4.66. The van der Waals surface area contributed by atoms with Crippen molar-refractivity contribution < 1.29 is 9.47 Å². The van der Waals surface area contributed by atoms with Gasteiger partial charge in [-0.15, -0.1) is 0 Å². The zero-order valence-corrected chi connectivity index (χ0v) is 9.95. The van der Waals surface area contributed by atoms with Crippen molar-refractivity contribution in [2.75, 3.05) is 26.8 Å². The number of hydrogen-bond donors (Lipinski definition) is 1. The third kappa shape index (κ3) is 2.47. The van der Waals surface area contributed by atoms with Crippen molar-refractivity contribution in [3.05, 3.63) is 24.3 Å². The van der Waals surface area contributed by atoms with Crippen LogP contribution in [-0.2, 0) is 0 Å². The molecule has 3 heteroatoms. The second kappa shape index (κ2) is 4.74. The van der Waals surface area contributed by atoms with Gasteiger partial charge in [-0.25, -0.2) is 0 Å². The van der Waals surface area contributed by atoms with E-state index in [1.165, 1.54) is 0 Å². The van der Waals surface area contributed by atoms with E-state index in [1.54, 1.807) is 7.11 Å². The lowest BCUT2D eigenvalue weighted by molar-refractivity contribution is 0.141. The predicted molar refractivity (Wildman–Crippen MR) is 64.1 cm³/mol. The van der Waals surface area contributed by atoms with Crippen LogP contribution in [0.3, 0.4) is 0 Å². The minimum atomic E-state index is 0.419. The van der Waals surface area contributed by atoms with E-state index >= 15 is 0 Å². The van der Waals surface area contributed by atoms with Crippen molar-refractivity contribution in [2.24, 2.45) is 5.41 Å². The molecule has 0 radical (unpaired) electrons. The van der Waals surface area contributed by atoms with E-state index in [9.17, 15) is 0 Å². The molecule has 88 valence electrons. The average Bonchev–Trinajstić information content (AvgIpc) is 2.27. The first-order valence-electron chi connectivity index (χ1n) is 5.70. The van der Waals surface area contributed by atoms with Crippen LogP contribution in [0, 0.1) is 5.41 Å². The van der Waals surface area contributed by atoms with Crippen molar-refractivity contribution in [3.63, 3.8) is 0 Å². The van der Waals surface area contributed by atoms with Crippen LogP contribution >= 0.6 is 0 Å². The van der Waals surface area contributed by atoms with Gasteiger partial charge in [-0.1, -0.05) is 19.1 Å². The van der Waals surface area contributed by atoms with E-state index < -0.39 is 0 Å². The fourth-order valence-corrected chi connectivity index (χ4v) is 1.87. The zero-order valence-electron chi connectivity index (χ0n) is 9.95. The molecule has 1 aromatic carbocycles. The molecule has 0 aliphatic carbocycles. The fourth-order valence-electron chi connectivity index (χ4n) is 1.87. The van der Waals surface area contributed by atoms with Crippen molar-refractivity contribution in [1.82, 2.24) is 5.32 Å². The molecule has 1 saturated heterocycles. The van der Waals surface area contributed by atoms with Crippen molar-refractivity contribution in [1.29, 1.82) is 0 Å². The van der Waals surface area contributed by atoms with Gasteiger partial charge in [-0.3, -0.25) is 0 Å². The quantitative estimate of drug-likeness (QED) is 0.825. The molecule has 16 heavy (non-hydrogen) atoms. The van der Waals surface area contributed by atoms with Gasteiger partial charge in [0.05, 0.1) is 13.7 Å². The molecule has 1 heterocycles. The lowest BCUT2D eigenvalue weighted by atomic mass is 9.81. The van der Waals surface area contributed by atoms with Crippen LogP contribution in [0.1, 0.15) is 13.3 Å². The molecule has 0 unspecified atom stereocenters. The molecule has 0 aromatic heterocycles. The monoisotopic (exact) mass is 221 g/mol. The summed E-state index contributed by atoms with van der Waals surface area (Å²) in [5.41, 5.74) is 0.419. The summed E-state index contributed by atoms with van der Waals surface area (Å²) in [6, 6.07) is 7.77. The molecule has 0 saturated carbocycles. The fraction of sp³-hybridized carbons (Fsp3) is 0.538. The lowest BCUT2D eigenvalue weighted by Crippen LogP contribution is -2.51. The maximum Gasteiger partial charge on any atom is 0.161 e. The third-order valence-electron chi connectivity index (χ3n) is 3.14. The minimum Gasteiger partial charge on any atom is -0.493 e. The highest BCUT2D eigenvalue weighted by Gasteiger charge is 2.31. The number of ether oxygens (including phenoxy) is 2. The number of benzene rings is 1. The zero-order chi connectivity index (χ0) is 11.4. The van der Waals surface area contributed by atoms with Gasteiger partial charge in [0.25, 0.3) is 0 Å². The Morgan fingerprint density at radius 3 is 2.50 bits per heavy atom. The maximum absolute atomic E-state index is 5.75. The molecule has 0 spiro atoms. The van der Waals surface area contributed by atoms with Crippen molar-refractivity contribution in [2.45, 2.75) is 13.3 Å². The van der Waals surface area contributed by atoms with Crippen LogP contribution in [0.25, 0.3) is 0 Å². The summed E-state index contributed by atoms with van der Waals surface area (Å²) in [7, 11) is 1.67. The minimum absolute atomic E-state index is 0.419. The Balaban J connectivity index is 1.84. The van der Waals surface area contributed by atoms with E-state index in [-0.39, 0.29) is 0 Å². The first-order chi connectivity index (χ1) is 7.73. The van der Waals surface area contributed by atoms with Crippen LogP contribution in [0.2, 0.25) is 0 Å². The number of hydrogen-bond acceptors (Lipinski definition) is 3. The summed E-state index contributed by atoms with van der Waals surface area (Å²) in [6.07, 6.45) is 1.08. The summed E-state index contributed by atoms with van der Waals surface area (Å²) in [4.78, 5) is 0. The number of nitrogens with one attached hydrogen (secondary N) is 1. The molecule has 1 aliphatic heterocycles. The van der Waals surface area contributed by atoms with Crippen LogP contribution in [0.5, 0.6) is 11.5 Å². The molecule has 1 aliphatic rings. The molecule has 1 fully saturated rings. The molecular formula is C13H19NO2. The Morgan fingerprint density at radius 2 is 1.94 bits per heavy atom. The van der Waals surface area contributed by atoms with Gasteiger partial charge < -0.3 is 14.8 Å². The highest BCUT2D eigenvalue weighted by atomic mass is 16.5. The topological polar surface area (TPSA) is 30.5 Å². The summed E-state index contributed by atoms with van der Waals surface area (Å²) in [6.45, 7) is 5.23. The smallest absolute Gasteiger partial charge is 0.161 e. The summed E-state index contributed by atoms with van der Waals surface area (Å²) in [5, 5.41) is 3.29. The van der Waals surface area contributed by atoms with Gasteiger partial charge in [-0.05, 0) is 24.0 Å². The number of rotatable bonds is 5. The van der Waals surface area contributed by atoms with Crippen LogP contribution in [0.15, 0.2) is 24.3 Å². The Hall–Kier alpha value is -1.22. The first kappa shape index (κ1) is 11.3.